The van der Waals surface area contributed by atoms with Crippen molar-refractivity contribution in [2.24, 2.45) is 0 Å². The summed E-state index contributed by atoms with van der Waals surface area (Å²) < 4.78 is 42.3. The van der Waals surface area contributed by atoms with Crippen molar-refractivity contribution in [1.82, 2.24) is 0 Å². The Bertz CT molecular complexity index is 786. The molecule has 0 atom stereocenters. The van der Waals surface area contributed by atoms with Gasteiger partial charge in [-0.25, -0.2) is 12.8 Å². The van der Waals surface area contributed by atoms with Crippen LogP contribution < -0.4 is 10.1 Å². The standard InChI is InChI=1S/C17H18FNO4S/c1-2-23-15-7-5-14(6-8-15)19-17(20)11-12-24(21,22)16-9-3-13(18)4-10-16/h3-10H,2,11-12H2,1H3,(H,19,20). The lowest BCUT2D eigenvalue weighted by atomic mass is 10.3. The number of hydrogen-bond donors (Lipinski definition) is 1. The van der Waals surface area contributed by atoms with Crippen LogP contribution in [-0.4, -0.2) is 26.7 Å². The van der Waals surface area contributed by atoms with Crippen LogP contribution in [0.25, 0.3) is 0 Å². The molecule has 0 spiro atoms. The predicted molar refractivity (Wildman–Crippen MR) is 89.3 cm³/mol. The van der Waals surface area contributed by atoms with E-state index in [1.54, 1.807) is 24.3 Å². The number of nitrogens with one attached hydrogen (secondary N) is 1. The number of carbonyl (C=O) groups excluding carboxylic acids is 1. The number of sulfone groups is 1. The van der Waals surface area contributed by atoms with Crippen molar-refractivity contribution in [2.75, 3.05) is 17.7 Å². The van der Waals surface area contributed by atoms with Crippen LogP contribution in [0, 0.1) is 5.82 Å². The van der Waals surface area contributed by atoms with Gasteiger partial charge in [-0.05, 0) is 55.5 Å². The molecule has 2 aromatic rings. The van der Waals surface area contributed by atoms with Crippen LogP contribution in [0.5, 0.6) is 5.75 Å². The van der Waals surface area contributed by atoms with Gasteiger partial charge >= 0.3 is 0 Å². The Morgan fingerprint density at radius 3 is 2.29 bits per heavy atom. The van der Waals surface area contributed by atoms with Crippen molar-refractivity contribution in [3.8, 4) is 5.75 Å². The molecular formula is C17H18FNO4S. The third kappa shape index (κ3) is 5.06. The third-order valence-corrected chi connectivity index (χ3v) is 4.95. The highest BCUT2D eigenvalue weighted by Crippen LogP contribution is 2.17. The molecule has 2 rings (SSSR count). The van der Waals surface area contributed by atoms with Crippen molar-refractivity contribution in [2.45, 2.75) is 18.2 Å². The van der Waals surface area contributed by atoms with E-state index in [1.807, 2.05) is 6.92 Å². The highest BCUT2D eigenvalue weighted by Gasteiger charge is 2.16. The average molecular weight is 351 g/mol. The number of benzene rings is 2. The highest BCUT2D eigenvalue weighted by molar-refractivity contribution is 7.91. The lowest BCUT2D eigenvalue weighted by molar-refractivity contribution is -0.115. The molecule has 0 bridgehead atoms. The van der Waals surface area contributed by atoms with Gasteiger partial charge in [-0.2, -0.15) is 0 Å². The Labute approximate surface area is 140 Å². The van der Waals surface area contributed by atoms with Gasteiger partial charge in [-0.3, -0.25) is 4.79 Å². The Balaban J connectivity index is 1.91. The van der Waals surface area contributed by atoms with E-state index in [0.717, 1.165) is 12.1 Å². The van der Waals surface area contributed by atoms with Gasteiger partial charge in [0.2, 0.25) is 5.91 Å². The zero-order chi connectivity index (χ0) is 17.6. The van der Waals surface area contributed by atoms with E-state index in [1.165, 1.54) is 12.1 Å². The average Bonchev–Trinajstić information content (AvgIpc) is 2.56. The Morgan fingerprint density at radius 1 is 1.08 bits per heavy atom. The molecule has 1 amide bonds. The molecule has 0 fully saturated rings. The topological polar surface area (TPSA) is 72.5 Å². The fourth-order valence-electron chi connectivity index (χ4n) is 2.01. The Morgan fingerprint density at radius 2 is 1.71 bits per heavy atom. The SMILES string of the molecule is CCOc1ccc(NC(=O)CCS(=O)(=O)c2ccc(F)cc2)cc1. The number of hydrogen-bond acceptors (Lipinski definition) is 4. The fourth-order valence-corrected chi connectivity index (χ4v) is 3.25. The molecule has 24 heavy (non-hydrogen) atoms. The summed E-state index contributed by atoms with van der Waals surface area (Å²) in [4.78, 5) is 11.9. The molecule has 0 aromatic heterocycles. The van der Waals surface area contributed by atoms with E-state index in [2.05, 4.69) is 5.32 Å². The first-order chi connectivity index (χ1) is 11.4. The molecule has 0 heterocycles. The first-order valence-electron chi connectivity index (χ1n) is 7.42. The number of amides is 1. The van der Waals surface area contributed by atoms with Crippen LogP contribution >= 0.6 is 0 Å². The van der Waals surface area contributed by atoms with Gasteiger partial charge in [0.05, 0.1) is 17.3 Å². The molecule has 0 unspecified atom stereocenters. The van der Waals surface area contributed by atoms with Gasteiger partial charge in [0, 0.05) is 12.1 Å². The largest absolute Gasteiger partial charge is 0.494 e. The minimum absolute atomic E-state index is 0.00207. The monoisotopic (exact) mass is 351 g/mol. The van der Waals surface area contributed by atoms with Gasteiger partial charge in [-0.1, -0.05) is 0 Å². The van der Waals surface area contributed by atoms with Crippen LogP contribution in [0.4, 0.5) is 10.1 Å². The molecule has 0 radical (unpaired) electrons. The van der Waals surface area contributed by atoms with Crippen molar-refractivity contribution < 1.29 is 22.3 Å². The lowest BCUT2D eigenvalue weighted by Crippen LogP contribution is -2.17. The zero-order valence-corrected chi connectivity index (χ0v) is 14.0. The highest BCUT2D eigenvalue weighted by atomic mass is 32.2. The first-order valence-corrected chi connectivity index (χ1v) is 9.07. The molecular weight excluding hydrogens is 333 g/mol. The number of halogens is 1. The van der Waals surface area contributed by atoms with Crippen LogP contribution in [0.1, 0.15) is 13.3 Å². The van der Waals surface area contributed by atoms with E-state index >= 15 is 0 Å². The predicted octanol–water partition coefficient (Wildman–Crippen LogP) is 3.03. The summed E-state index contributed by atoms with van der Waals surface area (Å²) in [6.45, 7) is 2.42. The molecule has 0 saturated carbocycles. The normalized spacial score (nSPS) is 11.1. The summed E-state index contributed by atoms with van der Waals surface area (Å²) in [5.41, 5.74) is 0.558. The number of rotatable bonds is 7. The van der Waals surface area contributed by atoms with Gasteiger partial charge in [0.15, 0.2) is 9.84 Å². The molecule has 7 heteroatoms. The van der Waals surface area contributed by atoms with Crippen molar-refractivity contribution in [3.63, 3.8) is 0 Å². The molecule has 0 aliphatic rings. The molecule has 0 saturated heterocycles. The molecule has 128 valence electrons. The van der Waals surface area contributed by atoms with E-state index in [0.29, 0.717) is 18.0 Å². The Hall–Kier alpha value is -2.41. The summed E-state index contributed by atoms with van der Waals surface area (Å²) in [5, 5.41) is 2.63. The minimum atomic E-state index is -3.63. The van der Waals surface area contributed by atoms with Gasteiger partial charge in [0.25, 0.3) is 0 Å². The van der Waals surface area contributed by atoms with E-state index in [4.69, 9.17) is 4.74 Å². The molecule has 5 nitrogen and oxygen atoms in total. The molecule has 0 aliphatic heterocycles. The molecule has 0 aliphatic carbocycles. The van der Waals surface area contributed by atoms with Crippen LogP contribution in [0.2, 0.25) is 0 Å². The van der Waals surface area contributed by atoms with E-state index < -0.39 is 21.6 Å². The summed E-state index contributed by atoms with van der Waals surface area (Å²) in [5.74, 6) is -0.581. The van der Waals surface area contributed by atoms with E-state index in [9.17, 15) is 17.6 Å². The van der Waals surface area contributed by atoms with Crippen LogP contribution in [0.15, 0.2) is 53.4 Å². The van der Waals surface area contributed by atoms with E-state index in [-0.39, 0.29) is 17.1 Å². The van der Waals surface area contributed by atoms with Gasteiger partial charge in [-0.15, -0.1) is 0 Å². The maximum atomic E-state index is 12.8. The molecule has 2 aromatic carbocycles. The van der Waals surface area contributed by atoms with Crippen molar-refractivity contribution in [1.29, 1.82) is 0 Å². The number of carbonyl (C=O) groups is 1. The molecule has 1 N–H and O–H groups in total. The maximum Gasteiger partial charge on any atom is 0.225 e. The quantitative estimate of drug-likeness (QED) is 0.778. The minimum Gasteiger partial charge on any atom is -0.494 e. The summed E-state index contributed by atoms with van der Waals surface area (Å²) in [6, 6.07) is 11.3. The lowest BCUT2D eigenvalue weighted by Gasteiger charge is -2.08. The zero-order valence-electron chi connectivity index (χ0n) is 13.2. The van der Waals surface area contributed by atoms with Crippen LogP contribution in [0.3, 0.4) is 0 Å². The van der Waals surface area contributed by atoms with Gasteiger partial charge < -0.3 is 10.1 Å². The smallest absolute Gasteiger partial charge is 0.225 e. The second kappa shape index (κ2) is 7.92. The summed E-state index contributed by atoms with van der Waals surface area (Å²) in [6.07, 6.45) is -0.188. The second-order valence-electron chi connectivity index (χ2n) is 5.03. The second-order valence-corrected chi connectivity index (χ2v) is 7.14. The first kappa shape index (κ1) is 17.9. The number of anilines is 1. The van der Waals surface area contributed by atoms with Gasteiger partial charge in [0.1, 0.15) is 11.6 Å². The van der Waals surface area contributed by atoms with Crippen molar-refractivity contribution >= 4 is 21.4 Å². The third-order valence-electron chi connectivity index (χ3n) is 3.22. The van der Waals surface area contributed by atoms with Crippen LogP contribution in [-0.2, 0) is 14.6 Å². The fraction of sp³-hybridized carbons (Fsp3) is 0.235. The van der Waals surface area contributed by atoms with Crippen molar-refractivity contribution in [3.05, 3.63) is 54.3 Å². The Kier molecular flexibility index (Phi) is 5.92. The summed E-state index contributed by atoms with van der Waals surface area (Å²) >= 11 is 0. The summed E-state index contributed by atoms with van der Waals surface area (Å²) in [7, 11) is -3.63. The number of ether oxygens (including phenoxy) is 1. The maximum absolute atomic E-state index is 12.8.